The summed E-state index contributed by atoms with van der Waals surface area (Å²) in [4.78, 5) is 0. The minimum absolute atomic E-state index is 0. The fourth-order valence-electron chi connectivity index (χ4n) is 0.728. The molecule has 0 aliphatic heterocycles. The Morgan fingerprint density at radius 3 is 0.923 bits per heavy atom. The van der Waals surface area contributed by atoms with E-state index in [-0.39, 0.29) is 17.1 Å². The number of hydrogen-bond donors (Lipinski definition) is 2. The molecule has 0 unspecified atom stereocenters. The molecule has 13 heavy (non-hydrogen) atoms. The number of thiol groups is 2. The largest absolute Gasteiger partial charge is 2.00 e. The zero-order chi connectivity index (χ0) is 8.81. The van der Waals surface area contributed by atoms with E-state index >= 15 is 0 Å². The zero-order valence-electron chi connectivity index (χ0n) is 6.87. The van der Waals surface area contributed by atoms with Crippen LogP contribution in [-0.4, -0.2) is 0 Å². The van der Waals surface area contributed by atoms with Crippen LogP contribution >= 0.6 is 25.3 Å². The van der Waals surface area contributed by atoms with Crippen LogP contribution in [0.25, 0.3) is 0 Å². The van der Waals surface area contributed by atoms with Gasteiger partial charge in [0.25, 0.3) is 0 Å². The summed E-state index contributed by atoms with van der Waals surface area (Å²) in [5.41, 5.74) is 0. The molecule has 2 rings (SSSR count). The van der Waals surface area contributed by atoms with Gasteiger partial charge >= 0.3 is 17.1 Å². The van der Waals surface area contributed by atoms with Crippen LogP contribution in [0.2, 0.25) is 0 Å². The fourth-order valence-corrected chi connectivity index (χ4v) is 1.07. The van der Waals surface area contributed by atoms with Crippen molar-refractivity contribution in [2.75, 3.05) is 0 Å². The Labute approximate surface area is 104 Å². The molecule has 0 aromatic heterocycles. The molecule has 2 aliphatic rings. The molecule has 2 fully saturated rings. The maximum atomic E-state index is 4.04. The van der Waals surface area contributed by atoms with Crippen molar-refractivity contribution in [1.29, 1.82) is 0 Å². The van der Waals surface area contributed by atoms with E-state index in [4.69, 9.17) is 0 Å². The molecule has 68 valence electrons. The third kappa shape index (κ3) is 7.18. The van der Waals surface area contributed by atoms with Gasteiger partial charge in [0, 0.05) is 10.5 Å². The van der Waals surface area contributed by atoms with Gasteiger partial charge < -0.3 is 0 Å². The molecule has 0 aromatic carbocycles. The van der Waals surface area contributed by atoms with Crippen LogP contribution in [0.3, 0.4) is 0 Å². The van der Waals surface area contributed by atoms with Crippen molar-refractivity contribution in [3.63, 3.8) is 0 Å². The molecular formula is C10H10FeS2+2. The van der Waals surface area contributed by atoms with Crippen LogP contribution in [-0.2, 0) is 17.1 Å². The van der Waals surface area contributed by atoms with E-state index in [0.717, 1.165) is 10.5 Å². The van der Waals surface area contributed by atoms with Crippen molar-refractivity contribution in [3.05, 3.63) is 61.9 Å². The second-order valence-electron chi connectivity index (χ2n) is 2.29. The van der Waals surface area contributed by atoms with E-state index in [0.29, 0.717) is 0 Å². The third-order valence-corrected chi connectivity index (χ3v) is 1.89. The van der Waals surface area contributed by atoms with Gasteiger partial charge in [-0.1, -0.05) is 0 Å². The van der Waals surface area contributed by atoms with E-state index in [1.807, 2.05) is 51.4 Å². The fraction of sp³-hybridized carbons (Fsp3) is 0. The quantitative estimate of drug-likeness (QED) is 0.479. The Kier molecular flexibility index (Phi) is 9.32. The first-order chi connectivity index (χ1) is 5.79. The summed E-state index contributed by atoms with van der Waals surface area (Å²) >= 11 is 8.07. The van der Waals surface area contributed by atoms with Crippen molar-refractivity contribution in [2.45, 2.75) is 0 Å². The van der Waals surface area contributed by atoms with E-state index in [9.17, 15) is 0 Å². The molecule has 0 aromatic rings. The summed E-state index contributed by atoms with van der Waals surface area (Å²) in [6, 6.07) is 0. The summed E-state index contributed by atoms with van der Waals surface area (Å²) in [6.07, 6.45) is 15.6. The monoisotopic (exact) mass is 250 g/mol. The Morgan fingerprint density at radius 1 is 0.615 bits per heavy atom. The van der Waals surface area contributed by atoms with Crippen LogP contribution in [0.1, 0.15) is 0 Å². The standard InChI is InChI=1S/2C5H5S.Fe/c2*6-5-3-1-2-4-5;/h2*1-4,6H;/q;;+2. The van der Waals surface area contributed by atoms with Crippen LogP contribution in [0.5, 0.6) is 0 Å². The molecule has 10 radical (unpaired) electrons. The molecule has 0 spiro atoms. The first kappa shape index (κ1) is 14.2. The van der Waals surface area contributed by atoms with Gasteiger partial charge in [-0.3, -0.25) is 0 Å². The average molecular weight is 250 g/mol. The predicted molar refractivity (Wildman–Crippen MR) is 58.9 cm³/mol. The van der Waals surface area contributed by atoms with Gasteiger partial charge in [-0.2, -0.15) is 25.3 Å². The smallest absolute Gasteiger partial charge is 0.170 e. The third-order valence-electron chi connectivity index (χ3n) is 1.29. The Morgan fingerprint density at radius 2 is 0.846 bits per heavy atom. The Hall–Kier alpha value is 1.22. The molecule has 0 amide bonds. The molecular weight excluding hydrogens is 240 g/mol. The second-order valence-corrected chi connectivity index (χ2v) is 3.32. The summed E-state index contributed by atoms with van der Waals surface area (Å²) in [6.45, 7) is 0. The van der Waals surface area contributed by atoms with Crippen LogP contribution in [0, 0.1) is 61.9 Å². The summed E-state index contributed by atoms with van der Waals surface area (Å²) in [7, 11) is 0. The molecule has 2 aliphatic carbocycles. The molecule has 0 bridgehead atoms. The van der Waals surface area contributed by atoms with Crippen molar-refractivity contribution >= 4 is 25.3 Å². The molecule has 3 heteroatoms. The Balaban J connectivity index is 0.000000206. The minimum Gasteiger partial charge on any atom is -0.170 e. The molecule has 2 saturated carbocycles. The molecule has 0 nitrogen and oxygen atoms in total. The van der Waals surface area contributed by atoms with Gasteiger partial charge in [0.1, 0.15) is 0 Å². The SMILES string of the molecule is S[C]1[CH][CH][CH][CH]1.S[C]1[CH][CH][CH][CH]1.[Fe+2]. The van der Waals surface area contributed by atoms with E-state index in [1.54, 1.807) is 0 Å². The van der Waals surface area contributed by atoms with E-state index in [2.05, 4.69) is 25.3 Å². The van der Waals surface area contributed by atoms with Crippen LogP contribution in [0.15, 0.2) is 0 Å². The minimum atomic E-state index is 0. The molecule has 0 N–H and O–H groups in total. The van der Waals surface area contributed by atoms with Crippen LogP contribution in [0.4, 0.5) is 0 Å². The van der Waals surface area contributed by atoms with Gasteiger partial charge in [-0.25, -0.2) is 0 Å². The first-order valence-electron chi connectivity index (χ1n) is 3.60. The number of hydrogen-bond acceptors (Lipinski definition) is 2. The molecule has 0 heterocycles. The van der Waals surface area contributed by atoms with Gasteiger partial charge in [-0.15, -0.1) is 0 Å². The van der Waals surface area contributed by atoms with Gasteiger partial charge in [0.15, 0.2) is 0 Å². The van der Waals surface area contributed by atoms with Gasteiger partial charge in [0.05, 0.1) is 0 Å². The summed E-state index contributed by atoms with van der Waals surface area (Å²) in [5, 5.41) is 2.07. The van der Waals surface area contributed by atoms with Crippen molar-refractivity contribution in [2.24, 2.45) is 0 Å². The van der Waals surface area contributed by atoms with E-state index in [1.165, 1.54) is 0 Å². The normalized spacial score (nSPS) is 23.5. The van der Waals surface area contributed by atoms with Gasteiger partial charge in [-0.05, 0) is 51.4 Å². The van der Waals surface area contributed by atoms with Gasteiger partial charge in [0.2, 0.25) is 0 Å². The number of rotatable bonds is 0. The maximum absolute atomic E-state index is 4.04. The van der Waals surface area contributed by atoms with Crippen molar-refractivity contribution < 1.29 is 17.1 Å². The summed E-state index contributed by atoms with van der Waals surface area (Å²) in [5.74, 6) is 0. The summed E-state index contributed by atoms with van der Waals surface area (Å²) < 4.78 is 0. The first-order valence-corrected chi connectivity index (χ1v) is 4.50. The topological polar surface area (TPSA) is 0 Å². The average Bonchev–Trinajstić information content (AvgIpc) is 2.63. The van der Waals surface area contributed by atoms with Crippen molar-refractivity contribution in [3.8, 4) is 0 Å². The molecule has 0 saturated heterocycles. The zero-order valence-corrected chi connectivity index (χ0v) is 9.76. The van der Waals surface area contributed by atoms with E-state index < -0.39 is 0 Å². The Bertz CT molecular complexity index is 93.5. The predicted octanol–water partition coefficient (Wildman–Crippen LogP) is 2.56. The molecule has 0 atom stereocenters. The van der Waals surface area contributed by atoms with Crippen molar-refractivity contribution in [1.82, 2.24) is 0 Å². The van der Waals surface area contributed by atoms with Crippen LogP contribution < -0.4 is 0 Å². The maximum Gasteiger partial charge on any atom is 2.00 e. The second kappa shape index (κ2) is 8.52.